The molecule has 6 nitrogen and oxygen atoms in total. The van der Waals surface area contributed by atoms with E-state index in [0.29, 0.717) is 19.8 Å². The summed E-state index contributed by atoms with van der Waals surface area (Å²) in [6.07, 6.45) is 43.0. The van der Waals surface area contributed by atoms with Gasteiger partial charge in [-0.2, -0.15) is 0 Å². The zero-order valence-electron chi connectivity index (χ0n) is 35.1. The molecule has 0 aliphatic heterocycles. The molecule has 0 aromatic heterocycles. The summed E-state index contributed by atoms with van der Waals surface area (Å²) in [7, 11) is 2.76. The Morgan fingerprint density at radius 1 is 0.400 bits per heavy atom. The molecule has 0 saturated carbocycles. The molecule has 0 fully saturated rings. The van der Waals surface area contributed by atoms with Gasteiger partial charge in [0.25, 0.3) is 0 Å². The van der Waals surface area contributed by atoms with E-state index >= 15 is 0 Å². The van der Waals surface area contributed by atoms with Crippen molar-refractivity contribution in [2.75, 3.05) is 54.1 Å². The molecule has 0 spiro atoms. The van der Waals surface area contributed by atoms with Crippen LogP contribution in [0.2, 0.25) is 0 Å². The maximum atomic E-state index is 12.9. The molecule has 0 unspecified atom stereocenters. The van der Waals surface area contributed by atoms with Crippen molar-refractivity contribution in [2.24, 2.45) is 0 Å². The number of likely N-dealkylation sites (N-methyl/N-ethyl adjacent to an activating group) is 1. The van der Waals surface area contributed by atoms with Gasteiger partial charge in [0.2, 0.25) is 0 Å². The van der Waals surface area contributed by atoms with E-state index in [4.69, 9.17) is 18.7 Å². The average Bonchev–Trinajstić information content (AvgIpc) is 3.07. The monoisotopic (exact) mass is 735 g/mol. The van der Waals surface area contributed by atoms with E-state index in [1.807, 2.05) is 6.92 Å². The van der Waals surface area contributed by atoms with Gasteiger partial charge in [-0.05, 0) is 19.8 Å². The lowest BCUT2D eigenvalue weighted by Gasteiger charge is -2.21. The largest absolute Gasteiger partial charge is 0.474 e. The molecule has 0 radical (unpaired) electrons. The van der Waals surface area contributed by atoms with Crippen LogP contribution in [-0.4, -0.2) is 63.7 Å². The molecule has 0 aliphatic rings. The molecule has 304 valence electrons. The van der Waals surface area contributed by atoms with Gasteiger partial charge in [-0.3, -0.25) is 13.6 Å². The number of hydrogen-bond acceptors (Lipinski definition) is 5. The molecule has 1 N–H and O–H groups in total. The number of rotatable bonds is 40. The second kappa shape index (κ2) is 41.8. The second-order valence-corrected chi connectivity index (χ2v) is 17.5. The molecule has 0 aliphatic carbocycles. The van der Waals surface area contributed by atoms with Gasteiger partial charge in [-0.25, -0.2) is 4.57 Å². The number of quaternary nitrogens is 1. The van der Waals surface area contributed by atoms with Crippen LogP contribution in [0.4, 0.5) is 0 Å². The first-order valence-electron chi connectivity index (χ1n) is 22.2. The summed E-state index contributed by atoms with van der Waals surface area (Å²) in [5.74, 6) is 0. The minimum absolute atomic E-state index is 0.281. The first-order valence-corrected chi connectivity index (χ1v) is 23.7. The molecule has 0 saturated heterocycles. The van der Waals surface area contributed by atoms with Gasteiger partial charge in [0.1, 0.15) is 6.54 Å². The van der Waals surface area contributed by atoms with Crippen LogP contribution in [0.25, 0.3) is 0 Å². The van der Waals surface area contributed by atoms with E-state index in [9.17, 15) is 4.57 Å². The first-order chi connectivity index (χ1) is 24.2. The van der Waals surface area contributed by atoms with E-state index in [0.717, 1.165) is 36.7 Å². The smallest absolute Gasteiger partial charge is 0.391 e. The molecule has 0 aromatic carbocycles. The molecule has 0 rings (SSSR count). The lowest BCUT2D eigenvalue weighted by Crippen LogP contribution is -2.36. The van der Waals surface area contributed by atoms with Crippen molar-refractivity contribution in [1.29, 1.82) is 0 Å². The predicted molar refractivity (Wildman–Crippen MR) is 220 cm³/mol. The third-order valence-corrected chi connectivity index (χ3v) is 11.1. The summed E-state index contributed by atoms with van der Waals surface area (Å²) >= 11 is 0. The lowest BCUT2D eigenvalue weighted by atomic mass is 10.0. The van der Waals surface area contributed by atoms with Crippen LogP contribution in [0.5, 0.6) is 0 Å². The summed E-state index contributed by atoms with van der Waals surface area (Å²) in [5, 5.41) is 8.39. The van der Waals surface area contributed by atoms with Gasteiger partial charge in [0, 0.05) is 0 Å². The quantitative estimate of drug-likeness (QED) is 0.0386. The summed E-state index contributed by atoms with van der Waals surface area (Å²) < 4.78 is 30.4. The number of unbranched alkanes of at least 4 members (excludes halogenated alkanes) is 30. The van der Waals surface area contributed by atoms with Gasteiger partial charge in [0.05, 0.1) is 47.6 Å². The predicted octanol–water partition coefficient (Wildman–Crippen LogP) is 14.4. The van der Waals surface area contributed by atoms with Crippen molar-refractivity contribution in [3.8, 4) is 0 Å². The highest BCUT2D eigenvalue weighted by molar-refractivity contribution is 7.48. The van der Waals surface area contributed by atoms with E-state index in [-0.39, 0.29) is 6.61 Å². The fourth-order valence-corrected chi connectivity index (χ4v) is 7.47. The van der Waals surface area contributed by atoms with Gasteiger partial charge in [-0.1, -0.05) is 206 Å². The van der Waals surface area contributed by atoms with Crippen LogP contribution in [0.3, 0.4) is 0 Å². The molecule has 0 heterocycles. The summed E-state index contributed by atoms with van der Waals surface area (Å²) in [5.41, 5.74) is 0. The normalized spacial score (nSPS) is 12.0. The number of aliphatic hydroxyl groups excluding tert-OH is 1. The van der Waals surface area contributed by atoms with Crippen LogP contribution >= 0.6 is 7.82 Å². The second-order valence-electron chi connectivity index (χ2n) is 15.9. The van der Waals surface area contributed by atoms with Crippen molar-refractivity contribution in [3.05, 3.63) is 0 Å². The molecule has 0 atom stereocenters. The Kier molecular flexibility index (Phi) is 43.6. The molecular formula is C43H93NO5P+. The van der Waals surface area contributed by atoms with E-state index in [1.54, 1.807) is 0 Å². The minimum Gasteiger partial charge on any atom is -0.391 e. The summed E-state index contributed by atoms with van der Waals surface area (Å²) in [6, 6.07) is 0. The van der Waals surface area contributed by atoms with Crippen molar-refractivity contribution >= 4 is 7.82 Å². The Labute approximate surface area is 315 Å². The van der Waals surface area contributed by atoms with Crippen molar-refractivity contribution in [1.82, 2.24) is 0 Å². The van der Waals surface area contributed by atoms with Crippen LogP contribution in [0.1, 0.15) is 226 Å². The van der Waals surface area contributed by atoms with E-state index in [1.165, 1.54) is 180 Å². The molecular weight excluding hydrogens is 641 g/mol. The van der Waals surface area contributed by atoms with Crippen molar-refractivity contribution in [3.63, 3.8) is 0 Å². The van der Waals surface area contributed by atoms with Crippen LogP contribution < -0.4 is 0 Å². The van der Waals surface area contributed by atoms with Crippen LogP contribution in [-0.2, 0) is 18.1 Å². The van der Waals surface area contributed by atoms with E-state index in [2.05, 4.69) is 35.0 Å². The Balaban J connectivity index is 0. The highest BCUT2D eigenvalue weighted by Gasteiger charge is 2.25. The number of nitrogens with zero attached hydrogens (tertiary/aromatic N) is 1. The maximum Gasteiger partial charge on any atom is 0.474 e. The number of hydrogen-bond donors (Lipinski definition) is 1. The lowest BCUT2D eigenvalue weighted by molar-refractivity contribution is -0.870. The van der Waals surface area contributed by atoms with Crippen LogP contribution in [0, 0.1) is 0 Å². The SMILES string of the molecule is CCCCCCCCCCCCCCCCCCOP(=O)(OCC)OCCCCCCCCCCCCCCCCCC.C[N+](C)(C)CCO. The fourth-order valence-electron chi connectivity index (χ4n) is 6.22. The van der Waals surface area contributed by atoms with Gasteiger partial charge < -0.3 is 9.59 Å². The highest BCUT2D eigenvalue weighted by atomic mass is 31.2. The molecule has 50 heavy (non-hydrogen) atoms. The fraction of sp³-hybridized carbons (Fsp3) is 1.00. The Morgan fingerprint density at radius 3 is 0.820 bits per heavy atom. The Morgan fingerprint density at radius 2 is 0.640 bits per heavy atom. The van der Waals surface area contributed by atoms with Gasteiger partial charge in [0.15, 0.2) is 0 Å². The average molecular weight is 735 g/mol. The van der Waals surface area contributed by atoms with E-state index < -0.39 is 7.82 Å². The first kappa shape index (κ1) is 52.1. The minimum atomic E-state index is -3.40. The Hall–Kier alpha value is 0.0300. The number of aliphatic hydroxyl groups is 1. The standard InChI is InChI=1S/C38H79O4P.C5H14NO/c1-4-7-9-11-13-15-17-19-21-23-25-27-29-31-33-35-37-41-43(39,40-6-3)42-38-36-34-32-30-28-26-24-22-20-18-16-14-12-10-8-5-2;1-6(2,3)4-5-7/h4-38H2,1-3H3;7H,4-5H2,1-3H3/q;+1. The van der Waals surface area contributed by atoms with Crippen molar-refractivity contribution in [2.45, 2.75) is 226 Å². The number of phosphoric acid groups is 1. The number of phosphoric ester groups is 1. The molecule has 7 heteroatoms. The topological polar surface area (TPSA) is 65.0 Å². The molecule has 0 amide bonds. The highest BCUT2D eigenvalue weighted by Crippen LogP contribution is 2.49. The molecule has 0 bridgehead atoms. The molecule has 0 aromatic rings. The zero-order chi connectivity index (χ0) is 37.3. The van der Waals surface area contributed by atoms with Gasteiger partial charge in [-0.15, -0.1) is 0 Å². The summed E-state index contributed by atoms with van der Waals surface area (Å²) in [4.78, 5) is 0. The summed E-state index contributed by atoms with van der Waals surface area (Å²) in [6.45, 7) is 8.83. The third kappa shape index (κ3) is 46.1. The zero-order valence-corrected chi connectivity index (χ0v) is 36.0. The van der Waals surface area contributed by atoms with Crippen molar-refractivity contribution < 1.29 is 27.7 Å². The maximum absolute atomic E-state index is 12.9. The third-order valence-electron chi connectivity index (χ3n) is 9.55. The van der Waals surface area contributed by atoms with Gasteiger partial charge >= 0.3 is 7.82 Å². The Bertz CT molecular complexity index is 630. The van der Waals surface area contributed by atoms with Crippen LogP contribution in [0.15, 0.2) is 0 Å².